The highest BCUT2D eigenvalue weighted by Crippen LogP contribution is 2.49. The van der Waals surface area contributed by atoms with E-state index in [0.717, 1.165) is 35.4 Å². The van der Waals surface area contributed by atoms with Gasteiger partial charge in [-0.05, 0) is 53.6 Å². The maximum absolute atomic E-state index is 12.9. The van der Waals surface area contributed by atoms with Crippen molar-refractivity contribution >= 4 is 29.0 Å². The second-order valence-electron chi connectivity index (χ2n) is 8.83. The Morgan fingerprint density at radius 3 is 2.63 bits per heavy atom. The number of hydrogen-bond donors (Lipinski definition) is 1. The van der Waals surface area contributed by atoms with Crippen LogP contribution in [0.2, 0.25) is 0 Å². The summed E-state index contributed by atoms with van der Waals surface area (Å²) in [5, 5.41) is 3.31. The van der Waals surface area contributed by atoms with Crippen LogP contribution in [0.3, 0.4) is 0 Å². The first-order valence-electron chi connectivity index (χ1n) is 11.7. The number of benzene rings is 3. The number of thiocarbonyl (C=S) groups is 1. The molecule has 0 radical (unpaired) electrons. The number of fused-ring (bicyclic) bond motifs is 5. The molecular weight excluding hydrogens is 460 g/mol. The predicted molar refractivity (Wildman–Crippen MR) is 139 cm³/mol. The number of amides is 1. The Labute approximate surface area is 210 Å². The van der Waals surface area contributed by atoms with Crippen LogP contribution in [0.4, 0.5) is 10.5 Å². The Morgan fingerprint density at radius 2 is 1.86 bits per heavy atom. The third-order valence-electron chi connectivity index (χ3n) is 6.85. The number of carbonyl (C=O) groups excluding carboxylic acids is 1. The van der Waals surface area contributed by atoms with Crippen LogP contribution in [0.25, 0.3) is 0 Å². The molecule has 2 aliphatic rings. The average Bonchev–Trinajstić information content (AvgIpc) is 3.19. The van der Waals surface area contributed by atoms with Crippen molar-refractivity contribution < 1.29 is 19.0 Å². The van der Waals surface area contributed by atoms with Gasteiger partial charge >= 0.3 is 6.09 Å². The minimum atomic E-state index is -0.252. The zero-order valence-electron chi connectivity index (χ0n) is 19.8. The van der Waals surface area contributed by atoms with Gasteiger partial charge in [-0.25, -0.2) is 4.79 Å². The van der Waals surface area contributed by atoms with Gasteiger partial charge in [-0.15, -0.1) is 0 Å². The van der Waals surface area contributed by atoms with Gasteiger partial charge in [0.25, 0.3) is 0 Å². The number of likely N-dealkylation sites (tertiary alicyclic amines) is 1. The Hall–Kier alpha value is -3.58. The van der Waals surface area contributed by atoms with Gasteiger partial charge in [0.2, 0.25) is 0 Å². The van der Waals surface area contributed by atoms with E-state index in [2.05, 4.69) is 17.4 Å². The van der Waals surface area contributed by atoms with Crippen molar-refractivity contribution in [3.8, 4) is 11.5 Å². The van der Waals surface area contributed by atoms with Crippen LogP contribution in [-0.4, -0.2) is 36.7 Å². The molecule has 1 fully saturated rings. The van der Waals surface area contributed by atoms with Crippen molar-refractivity contribution in [3.63, 3.8) is 0 Å². The Kier molecular flexibility index (Phi) is 6.59. The number of nitrogens with one attached hydrogen (secondary N) is 1. The molecule has 35 heavy (non-hydrogen) atoms. The molecule has 2 atom stereocenters. The summed E-state index contributed by atoms with van der Waals surface area (Å²) in [5.41, 5.74) is 5.18. The topological polar surface area (TPSA) is 60.0 Å². The number of rotatable bonds is 6. The number of ether oxygens (including phenoxy) is 3. The smallest absolute Gasteiger partial charge is 0.410 e. The Bertz CT molecular complexity index is 1250. The first-order valence-corrected chi connectivity index (χ1v) is 12.1. The lowest BCUT2D eigenvalue weighted by Gasteiger charge is -2.32. The SMILES string of the molecule is COc1ccc(NC(=S)c2ccc3c(c2)[C@@H]2CCN(C(=O)OCc4ccccc4)[C@H]3C2)c(OC)c1. The van der Waals surface area contributed by atoms with Crippen LogP contribution in [0.15, 0.2) is 66.7 Å². The fraction of sp³-hybridized carbons (Fsp3) is 0.286. The van der Waals surface area contributed by atoms with Crippen LogP contribution >= 0.6 is 12.2 Å². The fourth-order valence-electron chi connectivity index (χ4n) is 5.03. The van der Waals surface area contributed by atoms with Crippen molar-refractivity contribution in [3.05, 3.63) is 89.0 Å². The molecule has 5 rings (SSSR count). The highest BCUT2D eigenvalue weighted by atomic mass is 32.1. The number of carbonyl (C=O) groups is 1. The average molecular weight is 489 g/mol. The molecule has 1 saturated heterocycles. The molecule has 0 saturated carbocycles. The normalized spacial score (nSPS) is 17.9. The second kappa shape index (κ2) is 9.96. The molecule has 0 unspecified atom stereocenters. The van der Waals surface area contributed by atoms with Crippen LogP contribution in [0.1, 0.15) is 47.1 Å². The molecule has 6 nitrogen and oxygen atoms in total. The van der Waals surface area contributed by atoms with Crippen molar-refractivity contribution in [1.82, 2.24) is 4.90 Å². The van der Waals surface area contributed by atoms with Gasteiger partial charge in [-0.1, -0.05) is 54.7 Å². The quantitative estimate of drug-likeness (QED) is 0.426. The van der Waals surface area contributed by atoms with E-state index in [0.29, 0.717) is 23.2 Å². The fourth-order valence-corrected chi connectivity index (χ4v) is 5.27. The molecule has 7 heteroatoms. The number of hydrogen-bond acceptors (Lipinski definition) is 5. The maximum Gasteiger partial charge on any atom is 0.410 e. The molecule has 0 aromatic heterocycles. The van der Waals surface area contributed by atoms with Crippen LogP contribution in [0.5, 0.6) is 11.5 Å². The monoisotopic (exact) mass is 488 g/mol. The van der Waals surface area contributed by atoms with Crippen molar-refractivity contribution in [1.29, 1.82) is 0 Å². The lowest BCUT2D eigenvalue weighted by atomic mass is 9.95. The van der Waals surface area contributed by atoms with E-state index in [1.165, 1.54) is 11.1 Å². The van der Waals surface area contributed by atoms with Gasteiger partial charge in [0.15, 0.2) is 0 Å². The van der Waals surface area contributed by atoms with Crippen molar-refractivity contribution in [2.75, 3.05) is 26.1 Å². The van der Waals surface area contributed by atoms with Crippen LogP contribution in [0, 0.1) is 0 Å². The van der Waals surface area contributed by atoms with E-state index in [9.17, 15) is 4.79 Å². The first-order chi connectivity index (χ1) is 17.1. The minimum Gasteiger partial charge on any atom is -0.497 e. The number of piperidine rings is 1. The summed E-state index contributed by atoms with van der Waals surface area (Å²) in [6.07, 6.45) is 1.59. The third-order valence-corrected chi connectivity index (χ3v) is 7.18. The summed E-state index contributed by atoms with van der Waals surface area (Å²) in [6.45, 7) is 0.978. The summed E-state index contributed by atoms with van der Waals surface area (Å²) in [4.78, 5) is 15.4. The summed E-state index contributed by atoms with van der Waals surface area (Å²) < 4.78 is 16.4. The van der Waals surface area contributed by atoms with Gasteiger partial charge in [0.05, 0.1) is 25.9 Å². The van der Waals surface area contributed by atoms with Crippen molar-refractivity contribution in [2.24, 2.45) is 0 Å². The summed E-state index contributed by atoms with van der Waals surface area (Å²) in [6, 6.07) is 21.7. The molecule has 1 aliphatic carbocycles. The van der Waals surface area contributed by atoms with Crippen LogP contribution < -0.4 is 14.8 Å². The number of methoxy groups -OCH3 is 2. The lowest BCUT2D eigenvalue weighted by molar-refractivity contribution is 0.0694. The number of anilines is 1. The molecule has 180 valence electrons. The predicted octanol–water partition coefficient (Wildman–Crippen LogP) is 6.06. The van der Waals surface area contributed by atoms with E-state index in [1.807, 2.05) is 59.5 Å². The van der Waals surface area contributed by atoms with E-state index in [4.69, 9.17) is 26.4 Å². The molecular formula is C28H28N2O4S. The Morgan fingerprint density at radius 1 is 1.03 bits per heavy atom. The number of nitrogens with zero attached hydrogens (tertiary/aromatic N) is 1. The molecule has 0 spiro atoms. The molecule has 1 amide bonds. The molecule has 3 aromatic rings. The van der Waals surface area contributed by atoms with Gasteiger partial charge in [-0.2, -0.15) is 0 Å². The van der Waals surface area contributed by atoms with Gasteiger partial charge in [-0.3, -0.25) is 0 Å². The van der Waals surface area contributed by atoms with Gasteiger partial charge < -0.3 is 24.4 Å². The Balaban J connectivity index is 1.30. The molecule has 1 aliphatic heterocycles. The largest absolute Gasteiger partial charge is 0.497 e. The lowest BCUT2D eigenvalue weighted by Crippen LogP contribution is -2.37. The second-order valence-corrected chi connectivity index (χ2v) is 9.24. The third kappa shape index (κ3) is 4.68. The van der Waals surface area contributed by atoms with E-state index in [-0.39, 0.29) is 18.7 Å². The zero-order chi connectivity index (χ0) is 24.4. The standard InChI is InChI=1S/C28H28N2O4S/c1-32-21-9-11-24(26(16-21)33-2)29-27(35)20-8-10-22-23(14-20)19-12-13-30(25(22)15-19)28(31)34-17-18-6-4-3-5-7-18/h3-11,14,16,19,25H,12-13,15,17H2,1-2H3,(H,29,35)/t19-,25+/m1/s1. The van der Waals surface area contributed by atoms with Gasteiger partial charge in [0.1, 0.15) is 23.1 Å². The summed E-state index contributed by atoms with van der Waals surface area (Å²) >= 11 is 5.73. The van der Waals surface area contributed by atoms with Crippen molar-refractivity contribution in [2.45, 2.75) is 31.4 Å². The van der Waals surface area contributed by atoms with E-state index in [1.54, 1.807) is 14.2 Å². The zero-order valence-corrected chi connectivity index (χ0v) is 20.6. The maximum atomic E-state index is 12.9. The minimum absolute atomic E-state index is 0.0456. The molecule has 2 bridgehead atoms. The molecule has 3 aromatic carbocycles. The molecule has 1 N–H and O–H groups in total. The van der Waals surface area contributed by atoms with Crippen LogP contribution in [-0.2, 0) is 11.3 Å². The summed E-state index contributed by atoms with van der Waals surface area (Å²) in [7, 11) is 3.24. The van der Waals surface area contributed by atoms with Gasteiger partial charge in [0, 0.05) is 18.2 Å². The van der Waals surface area contributed by atoms with E-state index < -0.39 is 0 Å². The van der Waals surface area contributed by atoms with E-state index >= 15 is 0 Å². The highest BCUT2D eigenvalue weighted by molar-refractivity contribution is 7.81. The highest BCUT2D eigenvalue weighted by Gasteiger charge is 2.41. The first kappa shape index (κ1) is 23.2. The molecule has 1 heterocycles. The summed E-state index contributed by atoms with van der Waals surface area (Å²) in [5.74, 6) is 1.80.